The highest BCUT2D eigenvalue weighted by molar-refractivity contribution is 5.15. The highest BCUT2D eigenvalue weighted by Crippen LogP contribution is 2.19. The van der Waals surface area contributed by atoms with Crippen molar-refractivity contribution in [2.24, 2.45) is 7.05 Å². The summed E-state index contributed by atoms with van der Waals surface area (Å²) in [5.74, 6) is 1.10. The molecule has 0 saturated heterocycles. The lowest BCUT2D eigenvalue weighted by Gasteiger charge is -2.19. The van der Waals surface area contributed by atoms with Gasteiger partial charge in [0.1, 0.15) is 5.82 Å². The summed E-state index contributed by atoms with van der Waals surface area (Å²) in [4.78, 5) is 4.44. The van der Waals surface area contributed by atoms with Crippen LogP contribution < -0.4 is 5.32 Å². The third-order valence-corrected chi connectivity index (χ3v) is 3.54. The first-order valence-corrected chi connectivity index (χ1v) is 7.39. The maximum absolute atomic E-state index is 4.56. The van der Waals surface area contributed by atoms with E-state index in [9.17, 15) is 0 Å². The lowest BCUT2D eigenvalue weighted by atomic mass is 10.1. The van der Waals surface area contributed by atoms with E-state index >= 15 is 0 Å². The molecule has 2 aromatic rings. The van der Waals surface area contributed by atoms with E-state index in [2.05, 4.69) is 44.6 Å². The Bertz CT molecular complexity index is 540. The third kappa shape index (κ3) is 3.28. The topological polar surface area (TPSA) is 47.7 Å². The summed E-state index contributed by atoms with van der Waals surface area (Å²) in [5, 5.41) is 8.18. The van der Waals surface area contributed by atoms with E-state index in [1.807, 2.05) is 26.4 Å². The van der Waals surface area contributed by atoms with Gasteiger partial charge in [-0.15, -0.1) is 0 Å². The van der Waals surface area contributed by atoms with Crippen molar-refractivity contribution in [3.8, 4) is 0 Å². The smallest absolute Gasteiger partial charge is 0.110 e. The fraction of sp³-hybridized carbons (Fsp3) is 0.600. The Hall–Kier alpha value is -1.62. The van der Waals surface area contributed by atoms with Gasteiger partial charge in [-0.1, -0.05) is 6.92 Å². The molecule has 0 radical (unpaired) electrons. The van der Waals surface area contributed by atoms with Gasteiger partial charge in [-0.2, -0.15) is 5.10 Å². The first-order chi connectivity index (χ1) is 9.65. The van der Waals surface area contributed by atoms with Crippen LogP contribution in [-0.4, -0.2) is 25.9 Å². The lowest BCUT2D eigenvalue weighted by Crippen LogP contribution is -2.27. The quantitative estimate of drug-likeness (QED) is 0.843. The molecule has 2 heterocycles. The van der Waals surface area contributed by atoms with E-state index in [-0.39, 0.29) is 6.04 Å². The van der Waals surface area contributed by atoms with Gasteiger partial charge in [0.2, 0.25) is 0 Å². The van der Waals surface area contributed by atoms with Gasteiger partial charge in [0, 0.05) is 32.4 Å². The Morgan fingerprint density at radius 2 is 2.15 bits per heavy atom. The normalized spacial score (nSPS) is 12.8. The molecule has 0 aliphatic rings. The summed E-state index contributed by atoms with van der Waals surface area (Å²) in [6.07, 6.45) is 5.86. The predicted octanol–water partition coefficient (Wildman–Crippen LogP) is 2.23. The van der Waals surface area contributed by atoms with Crippen LogP contribution in [0.3, 0.4) is 0 Å². The van der Waals surface area contributed by atoms with Crippen LogP contribution in [0.15, 0.2) is 18.5 Å². The van der Waals surface area contributed by atoms with Crippen LogP contribution in [0.5, 0.6) is 0 Å². The van der Waals surface area contributed by atoms with Crippen molar-refractivity contribution >= 4 is 0 Å². The maximum Gasteiger partial charge on any atom is 0.110 e. The number of aromatic nitrogens is 4. The van der Waals surface area contributed by atoms with Crippen LogP contribution in [0.4, 0.5) is 0 Å². The van der Waals surface area contributed by atoms with E-state index in [4.69, 9.17) is 0 Å². The fourth-order valence-electron chi connectivity index (χ4n) is 2.47. The van der Waals surface area contributed by atoms with Crippen molar-refractivity contribution in [1.29, 1.82) is 0 Å². The highest BCUT2D eigenvalue weighted by Gasteiger charge is 2.18. The standard InChI is InChI=1S/C15H25N5/c1-5-7-16-13(11-15-17-8-9-19(15)4)14-10-12(3)18-20(14)6-2/h8-10,13,16H,5-7,11H2,1-4H3. The molecule has 0 aliphatic carbocycles. The molecule has 0 fully saturated rings. The molecule has 0 spiro atoms. The Morgan fingerprint density at radius 1 is 1.35 bits per heavy atom. The Morgan fingerprint density at radius 3 is 2.75 bits per heavy atom. The minimum atomic E-state index is 0.261. The molecule has 0 amide bonds. The van der Waals surface area contributed by atoms with Crippen LogP contribution in [-0.2, 0) is 20.0 Å². The van der Waals surface area contributed by atoms with E-state index in [0.29, 0.717) is 0 Å². The number of nitrogens with zero attached hydrogens (tertiary/aromatic N) is 4. The van der Waals surface area contributed by atoms with Crippen molar-refractivity contribution in [3.05, 3.63) is 35.7 Å². The molecule has 1 unspecified atom stereocenters. The van der Waals surface area contributed by atoms with Gasteiger partial charge in [0.15, 0.2) is 0 Å². The molecule has 2 rings (SSSR count). The zero-order chi connectivity index (χ0) is 14.5. The number of hydrogen-bond donors (Lipinski definition) is 1. The SMILES string of the molecule is CCCNC(Cc1nccn1C)c1cc(C)nn1CC. The summed E-state index contributed by atoms with van der Waals surface area (Å²) in [6.45, 7) is 8.27. The fourth-order valence-corrected chi connectivity index (χ4v) is 2.47. The average molecular weight is 275 g/mol. The molecule has 1 atom stereocenters. The van der Waals surface area contributed by atoms with Gasteiger partial charge in [-0.25, -0.2) is 4.98 Å². The second-order valence-electron chi connectivity index (χ2n) is 5.19. The molecule has 0 saturated carbocycles. The second-order valence-corrected chi connectivity index (χ2v) is 5.19. The van der Waals surface area contributed by atoms with E-state index in [1.54, 1.807) is 0 Å². The first kappa shape index (κ1) is 14.8. The maximum atomic E-state index is 4.56. The molecule has 20 heavy (non-hydrogen) atoms. The Balaban J connectivity index is 2.24. The zero-order valence-electron chi connectivity index (χ0n) is 12.9. The van der Waals surface area contributed by atoms with E-state index in [1.165, 1.54) is 5.69 Å². The molecule has 5 heteroatoms. The molecule has 5 nitrogen and oxygen atoms in total. The van der Waals surface area contributed by atoms with E-state index in [0.717, 1.165) is 37.4 Å². The van der Waals surface area contributed by atoms with Crippen molar-refractivity contribution in [2.75, 3.05) is 6.54 Å². The summed E-state index contributed by atoms with van der Waals surface area (Å²) in [6, 6.07) is 2.44. The minimum Gasteiger partial charge on any atom is -0.338 e. The van der Waals surface area contributed by atoms with Crippen LogP contribution in [0, 0.1) is 6.92 Å². The Labute approximate surface area is 121 Å². The largest absolute Gasteiger partial charge is 0.338 e. The highest BCUT2D eigenvalue weighted by atomic mass is 15.3. The number of aryl methyl sites for hydroxylation is 3. The van der Waals surface area contributed by atoms with E-state index < -0.39 is 0 Å². The minimum absolute atomic E-state index is 0.261. The van der Waals surface area contributed by atoms with Crippen LogP contribution >= 0.6 is 0 Å². The molecular weight excluding hydrogens is 250 g/mol. The van der Waals surface area contributed by atoms with Crippen LogP contribution in [0.2, 0.25) is 0 Å². The summed E-state index contributed by atoms with van der Waals surface area (Å²) >= 11 is 0. The number of hydrogen-bond acceptors (Lipinski definition) is 3. The van der Waals surface area contributed by atoms with Crippen molar-refractivity contribution in [2.45, 2.75) is 46.2 Å². The van der Waals surface area contributed by atoms with Gasteiger partial charge in [-0.05, 0) is 32.9 Å². The first-order valence-electron chi connectivity index (χ1n) is 7.39. The number of rotatable bonds is 7. The summed E-state index contributed by atoms with van der Waals surface area (Å²) in [7, 11) is 2.04. The molecule has 0 aliphatic heterocycles. The number of imidazole rings is 1. The molecule has 2 aromatic heterocycles. The predicted molar refractivity (Wildman–Crippen MR) is 80.6 cm³/mol. The molecular formula is C15H25N5. The number of nitrogens with one attached hydrogen (secondary N) is 1. The van der Waals surface area contributed by atoms with Gasteiger partial charge in [0.25, 0.3) is 0 Å². The van der Waals surface area contributed by atoms with Crippen molar-refractivity contribution in [1.82, 2.24) is 24.6 Å². The van der Waals surface area contributed by atoms with Crippen molar-refractivity contribution in [3.63, 3.8) is 0 Å². The average Bonchev–Trinajstić information content (AvgIpc) is 3.00. The van der Waals surface area contributed by atoms with Gasteiger partial charge < -0.3 is 9.88 Å². The van der Waals surface area contributed by atoms with Gasteiger partial charge in [-0.3, -0.25) is 4.68 Å². The molecule has 0 bridgehead atoms. The Kier molecular flexibility index (Phi) is 4.95. The monoisotopic (exact) mass is 275 g/mol. The summed E-state index contributed by atoms with van der Waals surface area (Å²) < 4.78 is 4.17. The van der Waals surface area contributed by atoms with Gasteiger partial charge >= 0.3 is 0 Å². The van der Waals surface area contributed by atoms with Gasteiger partial charge in [0.05, 0.1) is 17.4 Å². The molecule has 1 N–H and O–H groups in total. The molecule has 0 aromatic carbocycles. The molecule has 110 valence electrons. The lowest BCUT2D eigenvalue weighted by molar-refractivity contribution is 0.467. The zero-order valence-corrected chi connectivity index (χ0v) is 12.9. The summed E-state index contributed by atoms with van der Waals surface area (Å²) in [5.41, 5.74) is 2.33. The van der Waals surface area contributed by atoms with Crippen LogP contribution in [0.25, 0.3) is 0 Å². The third-order valence-electron chi connectivity index (χ3n) is 3.54. The van der Waals surface area contributed by atoms with Crippen molar-refractivity contribution < 1.29 is 0 Å². The van der Waals surface area contributed by atoms with Crippen LogP contribution in [0.1, 0.15) is 43.5 Å². The second kappa shape index (κ2) is 6.70.